The van der Waals surface area contributed by atoms with Gasteiger partial charge < -0.3 is 0 Å². The maximum Gasteiger partial charge on any atom is 0.416 e. The Morgan fingerprint density at radius 1 is 1.10 bits per heavy atom. The fourth-order valence-corrected chi connectivity index (χ4v) is 2.51. The van der Waals surface area contributed by atoms with Crippen LogP contribution in [0.2, 0.25) is 0 Å². The normalized spacial score (nSPS) is 11.2. The maximum absolute atomic E-state index is 12.9. The molecule has 4 heteroatoms. The van der Waals surface area contributed by atoms with E-state index in [-0.39, 0.29) is 6.71 Å². The van der Waals surface area contributed by atoms with Gasteiger partial charge in [-0.2, -0.15) is 13.2 Å². The Labute approximate surface area is 123 Å². The second kappa shape index (κ2) is 6.21. The third-order valence-corrected chi connectivity index (χ3v) is 3.58. The van der Waals surface area contributed by atoms with Crippen molar-refractivity contribution < 1.29 is 13.2 Å². The third-order valence-electron chi connectivity index (χ3n) is 3.58. The van der Waals surface area contributed by atoms with Crippen molar-refractivity contribution >= 4 is 17.6 Å². The van der Waals surface area contributed by atoms with Gasteiger partial charge in [0.1, 0.15) is 0 Å². The predicted octanol–water partition coefficient (Wildman–Crippen LogP) is 3.60. The average Bonchev–Trinajstić information content (AvgIpc) is 2.48. The average molecular weight is 288 g/mol. The quantitative estimate of drug-likeness (QED) is 0.754. The van der Waals surface area contributed by atoms with Gasteiger partial charge in [0, 0.05) is 0 Å². The third kappa shape index (κ3) is 3.38. The first-order valence-electron chi connectivity index (χ1n) is 6.85. The fraction of sp³-hybridized carbons (Fsp3) is 0.176. The van der Waals surface area contributed by atoms with Gasteiger partial charge in [-0.3, -0.25) is 0 Å². The molecular formula is C17H16BF3. The molecule has 0 radical (unpaired) electrons. The van der Waals surface area contributed by atoms with E-state index in [9.17, 15) is 13.2 Å². The van der Waals surface area contributed by atoms with Crippen LogP contribution in [0.15, 0.2) is 61.1 Å². The summed E-state index contributed by atoms with van der Waals surface area (Å²) in [6.07, 6.45) is -3.49. The second-order valence-corrected chi connectivity index (χ2v) is 4.89. The minimum Gasteiger partial charge on any atom is -0.166 e. The van der Waals surface area contributed by atoms with E-state index in [2.05, 4.69) is 6.58 Å². The van der Waals surface area contributed by atoms with Gasteiger partial charge >= 0.3 is 6.18 Å². The fourth-order valence-electron chi connectivity index (χ4n) is 2.51. The monoisotopic (exact) mass is 288 g/mol. The Kier molecular flexibility index (Phi) is 4.56. The molecule has 0 amide bonds. The molecule has 108 valence electrons. The van der Waals surface area contributed by atoms with Crippen LogP contribution in [0, 0.1) is 0 Å². The molecule has 0 saturated carbocycles. The molecule has 0 unspecified atom stereocenters. The van der Waals surface area contributed by atoms with E-state index in [1.54, 1.807) is 12.0 Å². The van der Waals surface area contributed by atoms with Crippen LogP contribution in [0.4, 0.5) is 13.2 Å². The van der Waals surface area contributed by atoms with Gasteiger partial charge in [0.25, 0.3) is 0 Å². The highest BCUT2D eigenvalue weighted by Crippen LogP contribution is 2.28. The van der Waals surface area contributed by atoms with E-state index < -0.39 is 11.7 Å². The summed E-state index contributed by atoms with van der Waals surface area (Å²) in [5.74, 6) is 1.70. The Balaban J connectivity index is 2.49. The maximum atomic E-state index is 12.9. The lowest BCUT2D eigenvalue weighted by Gasteiger charge is -2.16. The summed E-state index contributed by atoms with van der Waals surface area (Å²) in [6, 6.07) is 13.3. The lowest BCUT2D eigenvalue weighted by Crippen LogP contribution is -2.42. The smallest absolute Gasteiger partial charge is 0.166 e. The molecule has 0 N–H and O–H groups in total. The minimum absolute atomic E-state index is 0.233. The lowest BCUT2D eigenvalue weighted by atomic mass is 9.40. The number of hydrogen-bond donors (Lipinski definition) is 0. The zero-order valence-electron chi connectivity index (χ0n) is 11.8. The van der Waals surface area contributed by atoms with Crippen molar-refractivity contribution in [2.24, 2.45) is 0 Å². The van der Waals surface area contributed by atoms with Crippen LogP contribution in [-0.2, 0) is 12.6 Å². The summed E-state index contributed by atoms with van der Waals surface area (Å²) in [5, 5.41) is 0. The van der Waals surface area contributed by atoms with Crippen LogP contribution in [0.1, 0.15) is 18.1 Å². The molecule has 2 aromatic carbocycles. The molecule has 0 spiro atoms. The van der Waals surface area contributed by atoms with Gasteiger partial charge in [0.05, 0.1) is 5.56 Å². The van der Waals surface area contributed by atoms with Gasteiger partial charge in [0.15, 0.2) is 0 Å². The molecule has 0 aliphatic carbocycles. The first-order chi connectivity index (χ1) is 9.97. The molecule has 0 aliphatic rings. The topological polar surface area (TPSA) is 0 Å². The summed E-state index contributed by atoms with van der Waals surface area (Å²) < 4.78 is 38.6. The van der Waals surface area contributed by atoms with E-state index in [1.165, 1.54) is 12.1 Å². The first-order valence-corrected chi connectivity index (χ1v) is 6.85. The van der Waals surface area contributed by atoms with Gasteiger partial charge in [0.2, 0.25) is 6.71 Å². The lowest BCUT2D eigenvalue weighted by molar-refractivity contribution is -0.137. The van der Waals surface area contributed by atoms with E-state index >= 15 is 0 Å². The summed E-state index contributed by atoms with van der Waals surface area (Å²) in [7, 11) is 0. The molecule has 2 aromatic rings. The number of hydrogen-bond acceptors (Lipinski definition) is 0. The molecule has 0 bridgehead atoms. The zero-order chi connectivity index (χ0) is 15.5. The van der Waals surface area contributed by atoms with Crippen LogP contribution in [0.3, 0.4) is 0 Å². The molecule has 21 heavy (non-hydrogen) atoms. The van der Waals surface area contributed by atoms with Crippen molar-refractivity contribution in [1.29, 1.82) is 0 Å². The summed E-state index contributed by atoms with van der Waals surface area (Å²) in [4.78, 5) is 0. The predicted molar refractivity (Wildman–Crippen MR) is 82.5 cm³/mol. The molecule has 0 nitrogen and oxygen atoms in total. The highest BCUT2D eigenvalue weighted by atomic mass is 19.4. The molecule has 0 saturated heterocycles. The van der Waals surface area contributed by atoms with Crippen LogP contribution >= 0.6 is 0 Å². The second-order valence-electron chi connectivity index (χ2n) is 4.89. The van der Waals surface area contributed by atoms with Crippen molar-refractivity contribution in [1.82, 2.24) is 0 Å². The van der Waals surface area contributed by atoms with E-state index in [1.807, 2.05) is 31.2 Å². The van der Waals surface area contributed by atoms with E-state index in [0.717, 1.165) is 23.5 Å². The van der Waals surface area contributed by atoms with Crippen LogP contribution in [0.5, 0.6) is 0 Å². The van der Waals surface area contributed by atoms with Crippen molar-refractivity contribution in [3.05, 3.63) is 72.2 Å². The number of halogens is 3. The van der Waals surface area contributed by atoms with E-state index in [0.29, 0.717) is 5.46 Å². The first kappa shape index (κ1) is 15.4. The largest absolute Gasteiger partial charge is 0.416 e. The highest BCUT2D eigenvalue weighted by Gasteiger charge is 2.31. The van der Waals surface area contributed by atoms with Gasteiger partial charge in [-0.05, 0) is 6.42 Å². The Bertz CT molecular complexity index is 632. The standard InChI is InChI=1S/C17H16BF3/c1-3-13-8-5-6-11-16(13)18(4-2)15-10-7-9-14(12-15)17(19,20)21/h4-12H,2-3H2,1H3. The van der Waals surface area contributed by atoms with Crippen molar-refractivity contribution in [3.8, 4) is 0 Å². The molecular weight excluding hydrogens is 272 g/mol. The van der Waals surface area contributed by atoms with Crippen molar-refractivity contribution in [3.63, 3.8) is 0 Å². The molecule has 2 rings (SSSR count). The van der Waals surface area contributed by atoms with Crippen LogP contribution in [-0.4, -0.2) is 6.71 Å². The van der Waals surface area contributed by atoms with Crippen LogP contribution in [0.25, 0.3) is 0 Å². The van der Waals surface area contributed by atoms with Gasteiger partial charge in [-0.25, -0.2) is 0 Å². The zero-order valence-corrected chi connectivity index (χ0v) is 11.8. The molecule has 0 atom stereocenters. The number of benzene rings is 2. The van der Waals surface area contributed by atoms with E-state index in [4.69, 9.17) is 0 Å². The Hall–Kier alpha value is -1.97. The Morgan fingerprint density at radius 3 is 2.43 bits per heavy atom. The number of alkyl halides is 3. The van der Waals surface area contributed by atoms with Gasteiger partial charge in [-0.1, -0.05) is 71.9 Å². The summed E-state index contributed by atoms with van der Waals surface area (Å²) in [6.45, 7) is 5.60. The molecule has 0 aromatic heterocycles. The summed E-state index contributed by atoms with van der Waals surface area (Å²) >= 11 is 0. The molecule has 0 heterocycles. The Morgan fingerprint density at radius 2 is 1.81 bits per heavy atom. The highest BCUT2D eigenvalue weighted by molar-refractivity contribution is 6.89. The number of rotatable bonds is 4. The van der Waals surface area contributed by atoms with Crippen LogP contribution < -0.4 is 10.9 Å². The molecule has 0 fully saturated rings. The molecule has 0 aliphatic heterocycles. The number of aryl methyl sites for hydroxylation is 1. The van der Waals surface area contributed by atoms with Crippen molar-refractivity contribution in [2.75, 3.05) is 0 Å². The summed E-state index contributed by atoms with van der Waals surface area (Å²) in [5.41, 5.74) is 2.12. The SMILES string of the molecule is C=CB(c1cccc(C(F)(F)F)c1)c1ccccc1CC. The minimum atomic E-state index is -4.33. The van der Waals surface area contributed by atoms with Gasteiger partial charge in [-0.15, -0.1) is 12.6 Å². The van der Waals surface area contributed by atoms with Crippen molar-refractivity contribution in [2.45, 2.75) is 19.5 Å².